The highest BCUT2D eigenvalue weighted by atomic mass is 127. The van der Waals surface area contributed by atoms with E-state index in [1.54, 1.807) is 19.0 Å². The number of hydrogen-bond donors (Lipinski definition) is 2. The third kappa shape index (κ3) is 7.38. The lowest BCUT2D eigenvalue weighted by Gasteiger charge is -2.24. The van der Waals surface area contributed by atoms with Crippen LogP contribution < -0.4 is 10.6 Å². The number of aromatic nitrogens is 1. The number of hydrogen-bond acceptors (Lipinski definition) is 3. The van der Waals surface area contributed by atoms with Gasteiger partial charge in [-0.3, -0.25) is 9.69 Å². The second-order valence-corrected chi connectivity index (χ2v) is 8.11. The average molecular weight is 540 g/mol. The number of aliphatic imine (C=N–C) groups is 1. The van der Waals surface area contributed by atoms with Crippen LogP contribution in [0.25, 0.3) is 10.9 Å². The molecular weight excluding hydrogens is 503 g/mol. The van der Waals surface area contributed by atoms with Gasteiger partial charge in [-0.05, 0) is 49.9 Å². The zero-order valence-corrected chi connectivity index (χ0v) is 21.3. The van der Waals surface area contributed by atoms with Crippen LogP contribution >= 0.6 is 24.0 Å². The lowest BCUT2D eigenvalue weighted by atomic mass is 10.2. The van der Waals surface area contributed by atoms with Crippen LogP contribution in [0.2, 0.25) is 0 Å². The van der Waals surface area contributed by atoms with Crippen LogP contribution in [0.1, 0.15) is 26.2 Å². The first kappa shape index (κ1) is 25.5. The summed E-state index contributed by atoms with van der Waals surface area (Å²) in [7, 11) is 3.52. The van der Waals surface area contributed by atoms with E-state index in [1.165, 1.54) is 30.3 Å². The first-order valence-corrected chi connectivity index (χ1v) is 11.1. The molecular formula is C23H37IN6O. The molecule has 7 nitrogen and oxygen atoms in total. The topological polar surface area (TPSA) is 64.9 Å². The molecule has 0 spiro atoms. The van der Waals surface area contributed by atoms with Crippen molar-refractivity contribution in [1.82, 2.24) is 25.0 Å². The van der Waals surface area contributed by atoms with E-state index in [0.717, 1.165) is 38.6 Å². The third-order valence-corrected chi connectivity index (χ3v) is 5.83. The highest BCUT2D eigenvalue weighted by molar-refractivity contribution is 14.0. The molecule has 1 aromatic heterocycles. The predicted molar refractivity (Wildman–Crippen MR) is 139 cm³/mol. The lowest BCUT2D eigenvalue weighted by Crippen LogP contribution is -2.45. The molecule has 0 radical (unpaired) electrons. The maximum absolute atomic E-state index is 12.0. The maximum atomic E-state index is 12.0. The number of aryl methyl sites for hydroxylation is 1. The minimum atomic E-state index is 0. The summed E-state index contributed by atoms with van der Waals surface area (Å²) >= 11 is 0. The molecule has 172 valence electrons. The molecule has 1 aliphatic heterocycles. The van der Waals surface area contributed by atoms with Gasteiger partial charge in [0, 0.05) is 51.5 Å². The largest absolute Gasteiger partial charge is 0.356 e. The van der Waals surface area contributed by atoms with Gasteiger partial charge in [0.05, 0.1) is 0 Å². The number of likely N-dealkylation sites (N-methyl/N-ethyl adjacent to an activating group) is 2. The van der Waals surface area contributed by atoms with Crippen LogP contribution in [-0.2, 0) is 11.3 Å². The Kier molecular flexibility index (Phi) is 10.6. The summed E-state index contributed by atoms with van der Waals surface area (Å²) in [6, 6.07) is 11.1. The van der Waals surface area contributed by atoms with Gasteiger partial charge in [-0.15, -0.1) is 24.0 Å². The molecule has 1 unspecified atom stereocenters. The van der Waals surface area contributed by atoms with Crippen molar-refractivity contribution in [2.24, 2.45) is 4.99 Å². The monoisotopic (exact) mass is 540 g/mol. The number of guanidine groups is 1. The Morgan fingerprint density at radius 2 is 2.03 bits per heavy atom. The van der Waals surface area contributed by atoms with Crippen LogP contribution in [0.15, 0.2) is 41.5 Å². The van der Waals surface area contributed by atoms with E-state index in [2.05, 4.69) is 68.5 Å². The number of benzene rings is 1. The predicted octanol–water partition coefficient (Wildman–Crippen LogP) is 2.76. The lowest BCUT2D eigenvalue weighted by molar-refractivity contribution is -0.127. The van der Waals surface area contributed by atoms with Gasteiger partial charge in [0.15, 0.2) is 5.96 Å². The number of para-hydroxylation sites is 1. The molecule has 8 heteroatoms. The maximum Gasteiger partial charge on any atom is 0.243 e. The van der Waals surface area contributed by atoms with Gasteiger partial charge in [0.2, 0.25) is 5.91 Å². The fraction of sp³-hybridized carbons (Fsp3) is 0.565. The summed E-state index contributed by atoms with van der Waals surface area (Å²) in [5.41, 5.74) is 1.27. The van der Waals surface area contributed by atoms with E-state index < -0.39 is 0 Å². The van der Waals surface area contributed by atoms with Crippen molar-refractivity contribution in [3.63, 3.8) is 0 Å². The minimum absolute atomic E-state index is 0. The van der Waals surface area contributed by atoms with E-state index in [1.807, 2.05) is 0 Å². The van der Waals surface area contributed by atoms with Gasteiger partial charge in [-0.25, -0.2) is 4.99 Å². The zero-order valence-electron chi connectivity index (χ0n) is 19.0. The van der Waals surface area contributed by atoms with E-state index >= 15 is 0 Å². The molecule has 0 bridgehead atoms. The summed E-state index contributed by atoms with van der Waals surface area (Å²) in [6.07, 6.45) is 5.59. The molecule has 31 heavy (non-hydrogen) atoms. The van der Waals surface area contributed by atoms with Crippen molar-refractivity contribution in [2.75, 3.05) is 46.8 Å². The standard InChI is InChI=1S/C23H36N6O.HI/c1-4-28-14-7-10-20(28)17-25-23(26-18-22(30)27(2)3)24-13-8-15-29-16-12-19-9-5-6-11-21(19)29;/h5-6,9,11-12,16,20H,4,7-8,10,13-15,17-18H2,1-3H3,(H2,24,25,26);1H. The molecule has 0 aliphatic carbocycles. The molecule has 3 rings (SSSR count). The number of carbonyl (C=O) groups excluding carboxylic acids is 1. The second-order valence-electron chi connectivity index (χ2n) is 8.11. The molecule has 2 heterocycles. The van der Waals surface area contributed by atoms with E-state index in [4.69, 9.17) is 0 Å². The summed E-state index contributed by atoms with van der Waals surface area (Å²) in [5, 5.41) is 8.15. The average Bonchev–Trinajstić information content (AvgIpc) is 3.38. The van der Waals surface area contributed by atoms with E-state index in [9.17, 15) is 4.79 Å². The van der Waals surface area contributed by atoms with Crippen molar-refractivity contribution in [2.45, 2.75) is 38.8 Å². The Morgan fingerprint density at radius 3 is 2.81 bits per heavy atom. The number of amides is 1. The van der Waals surface area contributed by atoms with Gasteiger partial charge >= 0.3 is 0 Å². The highest BCUT2D eigenvalue weighted by Crippen LogP contribution is 2.16. The summed E-state index contributed by atoms with van der Waals surface area (Å²) in [5.74, 6) is 0.733. The smallest absolute Gasteiger partial charge is 0.243 e. The van der Waals surface area contributed by atoms with Gasteiger partial charge in [0.25, 0.3) is 0 Å². The zero-order chi connectivity index (χ0) is 21.3. The number of rotatable bonds is 9. The number of likely N-dealkylation sites (tertiary alicyclic amines) is 1. The van der Waals surface area contributed by atoms with E-state index in [-0.39, 0.29) is 36.4 Å². The second kappa shape index (κ2) is 12.9. The molecule has 1 amide bonds. The van der Waals surface area contributed by atoms with E-state index in [0.29, 0.717) is 6.04 Å². The quantitative estimate of drug-likeness (QED) is 0.222. The summed E-state index contributed by atoms with van der Waals surface area (Å²) < 4.78 is 2.29. The van der Waals surface area contributed by atoms with Gasteiger partial charge in [0.1, 0.15) is 6.54 Å². The number of fused-ring (bicyclic) bond motifs is 1. The molecule has 2 N–H and O–H groups in total. The normalized spacial score (nSPS) is 16.9. The Labute approximate surface area is 203 Å². The molecule has 1 fully saturated rings. The summed E-state index contributed by atoms with van der Waals surface area (Å²) in [4.78, 5) is 20.6. The Morgan fingerprint density at radius 1 is 1.23 bits per heavy atom. The molecule has 1 atom stereocenters. The van der Waals surface area contributed by atoms with Crippen molar-refractivity contribution in [3.05, 3.63) is 36.5 Å². The Hall–Kier alpha value is -1.81. The molecule has 1 aliphatic rings. The van der Waals surface area contributed by atoms with Crippen LogP contribution in [-0.4, -0.2) is 79.1 Å². The van der Waals surface area contributed by atoms with Crippen molar-refractivity contribution >= 4 is 46.7 Å². The molecule has 0 saturated carbocycles. The fourth-order valence-electron chi connectivity index (χ4n) is 4.01. The number of carbonyl (C=O) groups is 1. The number of nitrogens with one attached hydrogen (secondary N) is 2. The van der Waals surface area contributed by atoms with Crippen LogP contribution in [0.5, 0.6) is 0 Å². The van der Waals surface area contributed by atoms with Crippen molar-refractivity contribution in [3.8, 4) is 0 Å². The molecule has 1 saturated heterocycles. The van der Waals surface area contributed by atoms with Crippen molar-refractivity contribution in [1.29, 1.82) is 0 Å². The molecule has 1 aromatic carbocycles. The first-order chi connectivity index (χ1) is 14.6. The highest BCUT2D eigenvalue weighted by Gasteiger charge is 2.22. The fourth-order valence-corrected chi connectivity index (χ4v) is 4.01. The number of halogens is 1. The van der Waals surface area contributed by atoms with Crippen LogP contribution in [0.3, 0.4) is 0 Å². The Bertz CT molecular complexity index is 849. The van der Waals surface area contributed by atoms with Gasteiger partial charge < -0.3 is 20.1 Å². The van der Waals surface area contributed by atoms with Gasteiger partial charge in [-0.2, -0.15) is 0 Å². The van der Waals surface area contributed by atoms with Crippen LogP contribution in [0, 0.1) is 0 Å². The number of nitrogens with zero attached hydrogens (tertiary/aromatic N) is 4. The summed E-state index contributed by atoms with van der Waals surface area (Å²) in [6.45, 7) is 7.23. The minimum Gasteiger partial charge on any atom is -0.356 e. The van der Waals surface area contributed by atoms with Crippen molar-refractivity contribution < 1.29 is 4.79 Å². The SMILES string of the molecule is CCN1CCCC1CNC(=NCC(=O)N(C)C)NCCCn1ccc2ccccc21.I. The molecule has 2 aromatic rings. The van der Waals surface area contributed by atoms with Gasteiger partial charge in [-0.1, -0.05) is 25.1 Å². The first-order valence-electron chi connectivity index (χ1n) is 11.1. The van der Waals surface area contributed by atoms with Crippen LogP contribution in [0.4, 0.5) is 0 Å². The third-order valence-electron chi connectivity index (χ3n) is 5.83. The Balaban J connectivity index is 0.00000341.